The lowest BCUT2D eigenvalue weighted by Crippen LogP contribution is -2.52. The highest BCUT2D eigenvalue weighted by Gasteiger charge is 2.33. The van der Waals surface area contributed by atoms with Crippen molar-refractivity contribution < 1.29 is 18.7 Å². The lowest BCUT2D eigenvalue weighted by atomic mass is 10.2. The fourth-order valence-corrected chi connectivity index (χ4v) is 2.86. The summed E-state index contributed by atoms with van der Waals surface area (Å²) in [7, 11) is 1.94. The van der Waals surface area contributed by atoms with Crippen molar-refractivity contribution in [1.29, 1.82) is 0 Å². The van der Waals surface area contributed by atoms with E-state index in [4.69, 9.17) is 4.74 Å². The molecule has 1 atom stereocenters. The number of nitrogens with one attached hydrogen (secondary N) is 2. The third kappa shape index (κ3) is 3.99. The maximum absolute atomic E-state index is 14.5. The molecule has 0 aliphatic carbocycles. The van der Waals surface area contributed by atoms with E-state index in [0.29, 0.717) is 24.6 Å². The molecular formula is C16H22FN5O3. The van der Waals surface area contributed by atoms with Crippen LogP contribution in [0.3, 0.4) is 0 Å². The van der Waals surface area contributed by atoms with E-state index in [1.807, 2.05) is 17.0 Å². The molecule has 0 unspecified atom stereocenters. The highest BCUT2D eigenvalue weighted by Crippen LogP contribution is 2.28. The third-order valence-corrected chi connectivity index (χ3v) is 4.27. The Labute approximate surface area is 145 Å². The first-order chi connectivity index (χ1) is 11.9. The van der Waals surface area contributed by atoms with Crippen molar-refractivity contribution in [3.63, 3.8) is 0 Å². The van der Waals surface area contributed by atoms with Crippen LogP contribution in [-0.2, 0) is 9.53 Å². The molecule has 0 spiro atoms. The van der Waals surface area contributed by atoms with Crippen LogP contribution in [0.2, 0.25) is 0 Å². The van der Waals surface area contributed by atoms with Crippen molar-refractivity contribution in [3.8, 4) is 0 Å². The monoisotopic (exact) mass is 351 g/mol. The molecule has 2 aliphatic heterocycles. The first-order valence-corrected chi connectivity index (χ1v) is 8.16. The zero-order valence-corrected chi connectivity index (χ0v) is 14.3. The molecule has 0 aromatic heterocycles. The summed E-state index contributed by atoms with van der Waals surface area (Å²) < 4.78 is 19.7. The van der Waals surface area contributed by atoms with Gasteiger partial charge in [0.15, 0.2) is 0 Å². The number of hydrazine groups is 1. The molecule has 3 rings (SSSR count). The summed E-state index contributed by atoms with van der Waals surface area (Å²) in [4.78, 5) is 26.2. The summed E-state index contributed by atoms with van der Waals surface area (Å²) in [6, 6.07) is 4.72. The van der Waals surface area contributed by atoms with Gasteiger partial charge in [0.05, 0.1) is 31.1 Å². The van der Waals surface area contributed by atoms with Gasteiger partial charge in [-0.1, -0.05) is 0 Å². The minimum absolute atomic E-state index is 0.189. The van der Waals surface area contributed by atoms with Crippen LogP contribution in [0.5, 0.6) is 0 Å². The summed E-state index contributed by atoms with van der Waals surface area (Å²) in [5, 5.41) is 4.57. The number of halogens is 1. The van der Waals surface area contributed by atoms with Crippen molar-refractivity contribution in [2.45, 2.75) is 13.0 Å². The second kappa shape index (κ2) is 7.24. The molecule has 136 valence electrons. The van der Waals surface area contributed by atoms with Crippen LogP contribution in [0, 0.1) is 5.82 Å². The van der Waals surface area contributed by atoms with Gasteiger partial charge >= 0.3 is 6.09 Å². The average molecular weight is 351 g/mol. The summed E-state index contributed by atoms with van der Waals surface area (Å²) >= 11 is 0. The van der Waals surface area contributed by atoms with Gasteiger partial charge in [-0.3, -0.25) is 9.69 Å². The number of benzene rings is 1. The van der Waals surface area contributed by atoms with Crippen LogP contribution in [0.1, 0.15) is 6.92 Å². The molecule has 0 saturated carbocycles. The largest absolute Gasteiger partial charge is 0.442 e. The molecule has 2 N–H and O–H groups in total. The SMILES string of the molecule is CC(=O)NC[C@H]1CN(c2ccc(N3CCN(C)NC3)c(F)c2)C(=O)O1. The van der Waals surface area contributed by atoms with Crippen molar-refractivity contribution >= 4 is 23.4 Å². The zero-order valence-electron chi connectivity index (χ0n) is 14.3. The lowest BCUT2D eigenvalue weighted by molar-refractivity contribution is -0.119. The number of rotatable bonds is 4. The van der Waals surface area contributed by atoms with Crippen molar-refractivity contribution in [2.24, 2.45) is 0 Å². The van der Waals surface area contributed by atoms with E-state index in [9.17, 15) is 14.0 Å². The molecule has 2 heterocycles. The van der Waals surface area contributed by atoms with Gasteiger partial charge in [-0.05, 0) is 18.2 Å². The number of likely N-dealkylation sites (N-methyl/N-ethyl adjacent to an activating group) is 1. The van der Waals surface area contributed by atoms with E-state index >= 15 is 0 Å². The van der Waals surface area contributed by atoms with Gasteiger partial charge in [0.25, 0.3) is 0 Å². The normalized spacial score (nSPS) is 21.4. The highest BCUT2D eigenvalue weighted by molar-refractivity contribution is 5.90. The molecule has 8 nitrogen and oxygen atoms in total. The Kier molecular flexibility index (Phi) is 5.05. The Morgan fingerprint density at radius 1 is 1.44 bits per heavy atom. The van der Waals surface area contributed by atoms with Crippen molar-refractivity contribution in [1.82, 2.24) is 15.8 Å². The van der Waals surface area contributed by atoms with Gasteiger partial charge in [-0.2, -0.15) is 0 Å². The summed E-state index contributed by atoms with van der Waals surface area (Å²) in [5.41, 5.74) is 4.07. The van der Waals surface area contributed by atoms with Crippen LogP contribution < -0.4 is 20.5 Å². The fourth-order valence-electron chi connectivity index (χ4n) is 2.86. The predicted molar refractivity (Wildman–Crippen MR) is 90.7 cm³/mol. The van der Waals surface area contributed by atoms with Gasteiger partial charge in [-0.15, -0.1) is 0 Å². The van der Waals surface area contributed by atoms with Crippen LogP contribution >= 0.6 is 0 Å². The number of cyclic esters (lactones) is 1. The zero-order chi connectivity index (χ0) is 18.0. The Bertz CT molecular complexity index is 663. The number of anilines is 2. The Morgan fingerprint density at radius 3 is 2.88 bits per heavy atom. The summed E-state index contributed by atoms with van der Waals surface area (Å²) in [6.45, 7) is 3.93. The molecular weight excluding hydrogens is 329 g/mol. The Hall–Kier alpha value is -2.39. The van der Waals surface area contributed by atoms with Crippen LogP contribution in [0.25, 0.3) is 0 Å². The Morgan fingerprint density at radius 2 is 2.24 bits per heavy atom. The standard InChI is InChI=1S/C16H22FN5O3/c1-11(23)18-8-13-9-22(16(24)25-13)12-3-4-15(14(17)7-12)21-6-5-20(2)19-10-21/h3-4,7,13,19H,5-6,8-10H2,1-2H3,(H,18,23)/t13-/m0/s1. The number of ether oxygens (including phenoxy) is 1. The van der Waals surface area contributed by atoms with E-state index in [2.05, 4.69) is 10.7 Å². The molecule has 1 aromatic rings. The summed E-state index contributed by atoms with van der Waals surface area (Å²) in [5.74, 6) is -0.576. The van der Waals surface area contributed by atoms with Gasteiger partial charge < -0.3 is 15.0 Å². The molecule has 9 heteroatoms. The molecule has 0 radical (unpaired) electrons. The second-order valence-corrected chi connectivity index (χ2v) is 6.19. The number of carbonyl (C=O) groups excluding carboxylic acids is 2. The van der Waals surface area contributed by atoms with E-state index in [0.717, 1.165) is 6.54 Å². The van der Waals surface area contributed by atoms with Gasteiger partial charge in [0.1, 0.15) is 11.9 Å². The topological polar surface area (TPSA) is 77.2 Å². The van der Waals surface area contributed by atoms with Gasteiger partial charge in [-0.25, -0.2) is 19.6 Å². The lowest BCUT2D eigenvalue weighted by Gasteiger charge is -2.35. The first kappa shape index (κ1) is 17.4. The smallest absolute Gasteiger partial charge is 0.414 e. The van der Waals surface area contributed by atoms with Crippen LogP contribution in [0.4, 0.5) is 20.6 Å². The molecule has 2 saturated heterocycles. The van der Waals surface area contributed by atoms with E-state index in [1.54, 1.807) is 12.1 Å². The third-order valence-electron chi connectivity index (χ3n) is 4.27. The van der Waals surface area contributed by atoms with Gasteiger partial charge in [0, 0.05) is 27.1 Å². The molecule has 2 amide bonds. The van der Waals surface area contributed by atoms with Crippen LogP contribution in [-0.4, -0.2) is 63.0 Å². The first-order valence-electron chi connectivity index (χ1n) is 8.16. The Balaban J connectivity index is 1.68. The minimum atomic E-state index is -0.538. The second-order valence-electron chi connectivity index (χ2n) is 6.19. The van der Waals surface area contributed by atoms with Crippen molar-refractivity contribution in [3.05, 3.63) is 24.0 Å². The minimum Gasteiger partial charge on any atom is -0.442 e. The maximum atomic E-state index is 14.5. The summed E-state index contributed by atoms with van der Waals surface area (Å²) in [6.07, 6.45) is -0.982. The van der Waals surface area contributed by atoms with E-state index in [1.165, 1.54) is 17.9 Å². The average Bonchev–Trinajstić information content (AvgIpc) is 2.95. The molecule has 2 fully saturated rings. The van der Waals surface area contributed by atoms with Crippen molar-refractivity contribution in [2.75, 3.05) is 49.7 Å². The van der Waals surface area contributed by atoms with E-state index < -0.39 is 12.2 Å². The molecule has 0 bridgehead atoms. The predicted octanol–water partition coefficient (Wildman–Crippen LogP) is 0.501. The molecule has 1 aromatic carbocycles. The highest BCUT2D eigenvalue weighted by atomic mass is 19.1. The number of hydrogen-bond donors (Lipinski definition) is 2. The van der Waals surface area contributed by atoms with Crippen LogP contribution in [0.15, 0.2) is 18.2 Å². The number of carbonyl (C=O) groups is 2. The maximum Gasteiger partial charge on any atom is 0.414 e. The number of hydrogen-bond acceptors (Lipinski definition) is 6. The van der Waals surface area contributed by atoms with Gasteiger partial charge in [0.2, 0.25) is 5.91 Å². The number of nitrogens with zero attached hydrogens (tertiary/aromatic N) is 3. The fraction of sp³-hybridized carbons (Fsp3) is 0.500. The number of amides is 2. The molecule has 2 aliphatic rings. The molecule has 25 heavy (non-hydrogen) atoms. The van der Waals surface area contributed by atoms with E-state index in [-0.39, 0.29) is 24.8 Å². The quantitative estimate of drug-likeness (QED) is 0.823.